The van der Waals surface area contributed by atoms with Gasteiger partial charge in [-0.25, -0.2) is 9.97 Å². The largest absolute Gasteiger partial charge is 0.423 e. The molecule has 106 valence electrons. The molecule has 0 saturated carbocycles. The highest BCUT2D eigenvalue weighted by atomic mass is 16.5. The van der Waals surface area contributed by atoms with Gasteiger partial charge in [-0.2, -0.15) is 0 Å². The average Bonchev–Trinajstić information content (AvgIpc) is 2.52. The van der Waals surface area contributed by atoms with Crippen LogP contribution in [-0.4, -0.2) is 27.0 Å². The summed E-state index contributed by atoms with van der Waals surface area (Å²) in [4.78, 5) is 21.7. The van der Waals surface area contributed by atoms with Gasteiger partial charge in [-0.15, -0.1) is 4.73 Å². The highest BCUT2D eigenvalue weighted by Gasteiger charge is 2.13. The van der Waals surface area contributed by atoms with Gasteiger partial charge in [0.1, 0.15) is 6.33 Å². The smallest absolute Gasteiger partial charge is 0.286 e. The molecule has 0 bridgehead atoms. The molecule has 0 spiro atoms. The van der Waals surface area contributed by atoms with Gasteiger partial charge in [0.2, 0.25) is 0 Å². The van der Waals surface area contributed by atoms with Crippen LogP contribution in [0, 0.1) is 0 Å². The summed E-state index contributed by atoms with van der Waals surface area (Å²) < 4.78 is 0.539. The standard InChI is InChI=1S/C15H14N4O2/c1-18(9-11-5-3-2-4-6-11)13-7-14(20)19(21)15-12(13)8-16-10-17-15/h2-8,10,21H,9H2,1H3. The van der Waals surface area contributed by atoms with Gasteiger partial charge in [0, 0.05) is 25.9 Å². The van der Waals surface area contributed by atoms with Crippen molar-refractivity contribution in [3.05, 3.63) is 64.8 Å². The minimum atomic E-state index is -0.517. The lowest BCUT2D eigenvalue weighted by Gasteiger charge is -2.21. The molecule has 0 radical (unpaired) electrons. The van der Waals surface area contributed by atoms with Gasteiger partial charge in [-0.05, 0) is 5.56 Å². The molecule has 21 heavy (non-hydrogen) atoms. The minimum Gasteiger partial charge on any atom is -0.423 e. The Morgan fingerprint density at radius 2 is 2.05 bits per heavy atom. The van der Waals surface area contributed by atoms with Crippen molar-refractivity contribution in [2.45, 2.75) is 6.54 Å². The number of fused-ring (bicyclic) bond motifs is 1. The fraction of sp³-hybridized carbons (Fsp3) is 0.133. The fourth-order valence-electron chi connectivity index (χ4n) is 2.29. The number of rotatable bonds is 3. The van der Waals surface area contributed by atoms with E-state index in [4.69, 9.17) is 0 Å². The Hall–Kier alpha value is -2.89. The molecule has 0 aliphatic carbocycles. The summed E-state index contributed by atoms with van der Waals surface area (Å²) >= 11 is 0. The van der Waals surface area contributed by atoms with E-state index in [1.54, 1.807) is 6.20 Å². The third-order valence-corrected chi connectivity index (χ3v) is 3.31. The number of hydrogen-bond acceptors (Lipinski definition) is 5. The molecule has 0 unspecified atom stereocenters. The molecule has 0 aliphatic heterocycles. The van der Waals surface area contributed by atoms with Crippen LogP contribution >= 0.6 is 0 Å². The highest BCUT2D eigenvalue weighted by Crippen LogP contribution is 2.22. The molecule has 6 heteroatoms. The van der Waals surface area contributed by atoms with Gasteiger partial charge in [-0.1, -0.05) is 30.3 Å². The van der Waals surface area contributed by atoms with E-state index in [9.17, 15) is 10.0 Å². The maximum absolute atomic E-state index is 11.8. The van der Waals surface area contributed by atoms with Crippen LogP contribution in [0.2, 0.25) is 0 Å². The lowest BCUT2D eigenvalue weighted by atomic mass is 10.2. The van der Waals surface area contributed by atoms with E-state index in [-0.39, 0.29) is 5.65 Å². The van der Waals surface area contributed by atoms with Crippen molar-refractivity contribution in [3.63, 3.8) is 0 Å². The zero-order valence-corrected chi connectivity index (χ0v) is 11.5. The number of benzene rings is 1. The molecule has 6 nitrogen and oxygen atoms in total. The normalized spacial score (nSPS) is 10.7. The van der Waals surface area contributed by atoms with E-state index < -0.39 is 5.56 Å². The summed E-state index contributed by atoms with van der Waals surface area (Å²) in [5, 5.41) is 10.4. The lowest BCUT2D eigenvalue weighted by molar-refractivity contribution is 0.186. The van der Waals surface area contributed by atoms with Crippen LogP contribution in [0.5, 0.6) is 0 Å². The van der Waals surface area contributed by atoms with Gasteiger partial charge in [0.25, 0.3) is 5.56 Å². The van der Waals surface area contributed by atoms with Gasteiger partial charge >= 0.3 is 0 Å². The first-order valence-corrected chi connectivity index (χ1v) is 6.47. The van der Waals surface area contributed by atoms with Crippen LogP contribution in [0.4, 0.5) is 5.69 Å². The molecule has 1 N–H and O–H groups in total. The topological polar surface area (TPSA) is 71.2 Å². The second-order valence-electron chi connectivity index (χ2n) is 4.78. The predicted molar refractivity (Wildman–Crippen MR) is 79.5 cm³/mol. The number of pyridine rings is 1. The van der Waals surface area contributed by atoms with Gasteiger partial charge in [-0.3, -0.25) is 4.79 Å². The van der Waals surface area contributed by atoms with Crippen molar-refractivity contribution >= 4 is 16.7 Å². The Kier molecular flexibility index (Phi) is 3.27. The summed E-state index contributed by atoms with van der Waals surface area (Å²) in [6.45, 7) is 0.639. The third kappa shape index (κ3) is 2.43. The van der Waals surface area contributed by atoms with Crippen molar-refractivity contribution in [2.75, 3.05) is 11.9 Å². The first-order chi connectivity index (χ1) is 10.2. The van der Waals surface area contributed by atoms with Crippen LogP contribution in [0.3, 0.4) is 0 Å². The fourth-order valence-corrected chi connectivity index (χ4v) is 2.29. The molecule has 0 fully saturated rings. The van der Waals surface area contributed by atoms with E-state index in [1.807, 2.05) is 42.3 Å². The summed E-state index contributed by atoms with van der Waals surface area (Å²) in [5.41, 5.74) is 1.49. The van der Waals surface area contributed by atoms with Crippen molar-refractivity contribution in [2.24, 2.45) is 0 Å². The predicted octanol–water partition coefficient (Wildman–Crippen LogP) is 1.67. The Labute approximate surface area is 120 Å². The summed E-state index contributed by atoms with van der Waals surface area (Å²) in [6.07, 6.45) is 2.89. The first-order valence-electron chi connectivity index (χ1n) is 6.47. The Morgan fingerprint density at radius 1 is 1.29 bits per heavy atom. The Morgan fingerprint density at radius 3 is 2.81 bits per heavy atom. The second kappa shape index (κ2) is 5.24. The molecule has 1 aromatic carbocycles. The molecule has 0 atom stereocenters. The molecular formula is C15H14N4O2. The summed E-state index contributed by atoms with van der Waals surface area (Å²) in [7, 11) is 1.88. The summed E-state index contributed by atoms with van der Waals surface area (Å²) in [6, 6.07) is 11.3. The molecule has 2 heterocycles. The molecule has 0 saturated heterocycles. The molecule has 3 rings (SSSR count). The zero-order chi connectivity index (χ0) is 14.8. The van der Waals surface area contributed by atoms with Crippen LogP contribution < -0.4 is 10.5 Å². The molecule has 2 aromatic heterocycles. The maximum Gasteiger partial charge on any atom is 0.286 e. The average molecular weight is 282 g/mol. The maximum atomic E-state index is 11.8. The van der Waals surface area contributed by atoms with E-state index in [0.717, 1.165) is 5.56 Å². The Balaban J connectivity index is 2.08. The number of aromatic nitrogens is 3. The van der Waals surface area contributed by atoms with Crippen LogP contribution in [0.15, 0.2) is 53.7 Å². The number of nitrogens with zero attached hydrogens (tertiary/aromatic N) is 4. The monoisotopic (exact) mass is 282 g/mol. The van der Waals surface area contributed by atoms with Crippen molar-refractivity contribution in [1.82, 2.24) is 14.7 Å². The molecule has 0 aliphatic rings. The van der Waals surface area contributed by atoms with E-state index in [2.05, 4.69) is 9.97 Å². The minimum absolute atomic E-state index is 0.201. The SMILES string of the molecule is CN(Cc1ccccc1)c1cc(=O)n(O)c2ncncc12. The quantitative estimate of drug-likeness (QED) is 0.740. The molecular weight excluding hydrogens is 268 g/mol. The van der Waals surface area contributed by atoms with E-state index in [0.29, 0.717) is 22.3 Å². The number of hydrogen-bond donors (Lipinski definition) is 1. The number of anilines is 1. The lowest BCUT2D eigenvalue weighted by Crippen LogP contribution is -2.23. The van der Waals surface area contributed by atoms with Crippen LogP contribution in [-0.2, 0) is 6.54 Å². The highest BCUT2D eigenvalue weighted by molar-refractivity contribution is 5.88. The van der Waals surface area contributed by atoms with E-state index in [1.165, 1.54) is 12.4 Å². The van der Waals surface area contributed by atoms with Crippen LogP contribution in [0.1, 0.15) is 5.56 Å². The van der Waals surface area contributed by atoms with Crippen molar-refractivity contribution in [3.8, 4) is 0 Å². The van der Waals surface area contributed by atoms with Gasteiger partial charge in [0.15, 0.2) is 5.65 Å². The zero-order valence-electron chi connectivity index (χ0n) is 11.5. The Bertz CT molecular complexity index is 830. The first kappa shape index (κ1) is 13.1. The van der Waals surface area contributed by atoms with Gasteiger partial charge in [0.05, 0.1) is 11.1 Å². The van der Waals surface area contributed by atoms with Crippen molar-refractivity contribution < 1.29 is 5.21 Å². The second-order valence-corrected chi connectivity index (χ2v) is 4.78. The summed E-state index contributed by atoms with van der Waals surface area (Å²) in [5.74, 6) is 0. The van der Waals surface area contributed by atoms with Crippen molar-refractivity contribution in [1.29, 1.82) is 0 Å². The van der Waals surface area contributed by atoms with E-state index >= 15 is 0 Å². The van der Waals surface area contributed by atoms with Gasteiger partial charge < -0.3 is 10.1 Å². The third-order valence-electron chi connectivity index (χ3n) is 3.31. The molecule has 0 amide bonds. The molecule has 3 aromatic rings. The van der Waals surface area contributed by atoms with Crippen LogP contribution in [0.25, 0.3) is 11.0 Å².